The van der Waals surface area contributed by atoms with E-state index in [0.717, 1.165) is 23.3 Å². The highest BCUT2D eigenvalue weighted by Crippen LogP contribution is 2.23. The molecule has 1 amide bonds. The van der Waals surface area contributed by atoms with Gasteiger partial charge < -0.3 is 15.0 Å². The fourth-order valence-electron chi connectivity index (χ4n) is 2.68. The van der Waals surface area contributed by atoms with E-state index >= 15 is 0 Å². The minimum atomic E-state index is 0.0534. The Bertz CT molecular complexity index is 793. The molecule has 0 unspecified atom stereocenters. The normalized spacial score (nSPS) is 10.7. The summed E-state index contributed by atoms with van der Waals surface area (Å²) in [5.74, 6) is 0.889. The van der Waals surface area contributed by atoms with Crippen LogP contribution in [0.15, 0.2) is 54.7 Å². The molecule has 2 aromatic carbocycles. The smallest absolute Gasteiger partial charge is 0.224 e. The van der Waals surface area contributed by atoms with Gasteiger partial charge >= 0.3 is 0 Å². The third-order valence-corrected chi connectivity index (χ3v) is 3.90. The Kier molecular flexibility index (Phi) is 4.62. The number of H-pyrrole nitrogens is 1. The Morgan fingerprint density at radius 2 is 2.00 bits per heavy atom. The van der Waals surface area contributed by atoms with Gasteiger partial charge in [0.05, 0.1) is 13.5 Å². The van der Waals surface area contributed by atoms with Crippen LogP contribution in [0, 0.1) is 0 Å². The molecule has 4 heteroatoms. The van der Waals surface area contributed by atoms with Crippen LogP contribution < -0.4 is 10.1 Å². The summed E-state index contributed by atoms with van der Waals surface area (Å²) in [5, 5.41) is 4.15. The average Bonchev–Trinajstić information content (AvgIpc) is 2.98. The minimum Gasteiger partial charge on any atom is -0.497 e. The molecule has 23 heavy (non-hydrogen) atoms. The molecule has 0 saturated heterocycles. The van der Waals surface area contributed by atoms with Crippen molar-refractivity contribution in [2.24, 2.45) is 0 Å². The SMILES string of the molecule is COc1ccc2c(CCNC(=O)Cc3ccccc3)c[nH]c2c1. The van der Waals surface area contributed by atoms with E-state index in [0.29, 0.717) is 13.0 Å². The number of fused-ring (bicyclic) bond motifs is 1. The van der Waals surface area contributed by atoms with Gasteiger partial charge in [0, 0.05) is 29.7 Å². The standard InChI is InChI=1S/C19H20N2O2/c1-23-16-7-8-17-15(13-21-18(17)12-16)9-10-20-19(22)11-14-5-3-2-4-6-14/h2-8,12-13,21H,9-11H2,1H3,(H,20,22). The Morgan fingerprint density at radius 1 is 1.17 bits per heavy atom. The van der Waals surface area contributed by atoms with Gasteiger partial charge in [0.15, 0.2) is 0 Å². The molecule has 1 heterocycles. The summed E-state index contributed by atoms with van der Waals surface area (Å²) in [6.45, 7) is 0.630. The van der Waals surface area contributed by atoms with Crippen molar-refractivity contribution < 1.29 is 9.53 Å². The van der Waals surface area contributed by atoms with Gasteiger partial charge in [0.1, 0.15) is 5.75 Å². The number of hydrogen-bond acceptors (Lipinski definition) is 2. The van der Waals surface area contributed by atoms with Crippen LogP contribution >= 0.6 is 0 Å². The van der Waals surface area contributed by atoms with Crippen molar-refractivity contribution in [3.8, 4) is 5.75 Å². The zero-order valence-corrected chi connectivity index (χ0v) is 13.1. The van der Waals surface area contributed by atoms with Crippen LogP contribution in [0.2, 0.25) is 0 Å². The third kappa shape index (κ3) is 3.72. The van der Waals surface area contributed by atoms with Crippen molar-refractivity contribution in [2.75, 3.05) is 13.7 Å². The summed E-state index contributed by atoms with van der Waals surface area (Å²) in [4.78, 5) is 15.2. The van der Waals surface area contributed by atoms with Crippen LogP contribution in [0.3, 0.4) is 0 Å². The molecule has 0 atom stereocenters. The largest absolute Gasteiger partial charge is 0.497 e. The molecule has 0 aliphatic rings. The maximum absolute atomic E-state index is 12.0. The Hall–Kier alpha value is -2.75. The highest BCUT2D eigenvalue weighted by molar-refractivity contribution is 5.84. The predicted molar refractivity (Wildman–Crippen MR) is 91.7 cm³/mol. The first-order valence-corrected chi connectivity index (χ1v) is 7.71. The zero-order valence-electron chi connectivity index (χ0n) is 13.1. The number of hydrogen-bond donors (Lipinski definition) is 2. The fraction of sp³-hybridized carbons (Fsp3) is 0.211. The van der Waals surface area contributed by atoms with E-state index in [1.54, 1.807) is 7.11 Å². The molecule has 0 saturated carbocycles. The van der Waals surface area contributed by atoms with Crippen molar-refractivity contribution in [1.82, 2.24) is 10.3 Å². The lowest BCUT2D eigenvalue weighted by Crippen LogP contribution is -2.27. The number of methoxy groups -OCH3 is 1. The second-order valence-corrected chi connectivity index (χ2v) is 5.49. The second-order valence-electron chi connectivity index (χ2n) is 5.49. The van der Waals surface area contributed by atoms with Gasteiger partial charge in [-0.2, -0.15) is 0 Å². The molecular formula is C19H20N2O2. The monoisotopic (exact) mass is 308 g/mol. The molecular weight excluding hydrogens is 288 g/mol. The van der Waals surface area contributed by atoms with E-state index in [9.17, 15) is 4.79 Å². The number of ether oxygens (including phenoxy) is 1. The van der Waals surface area contributed by atoms with Gasteiger partial charge in [0.2, 0.25) is 5.91 Å². The first-order valence-electron chi connectivity index (χ1n) is 7.71. The molecule has 0 bridgehead atoms. The number of aromatic nitrogens is 1. The predicted octanol–water partition coefficient (Wildman–Crippen LogP) is 3.08. The molecule has 118 valence electrons. The van der Waals surface area contributed by atoms with Crippen LogP contribution in [0.1, 0.15) is 11.1 Å². The lowest BCUT2D eigenvalue weighted by molar-refractivity contribution is -0.120. The average molecular weight is 308 g/mol. The summed E-state index contributed by atoms with van der Waals surface area (Å²) in [7, 11) is 1.66. The van der Waals surface area contributed by atoms with Crippen molar-refractivity contribution in [2.45, 2.75) is 12.8 Å². The molecule has 0 aliphatic heterocycles. The van der Waals surface area contributed by atoms with Crippen molar-refractivity contribution in [1.29, 1.82) is 0 Å². The maximum Gasteiger partial charge on any atom is 0.224 e. The number of benzene rings is 2. The Balaban J connectivity index is 1.55. The second kappa shape index (κ2) is 7.01. The number of carbonyl (C=O) groups is 1. The fourth-order valence-corrected chi connectivity index (χ4v) is 2.68. The summed E-state index contributed by atoms with van der Waals surface area (Å²) in [5.41, 5.74) is 3.28. The molecule has 4 nitrogen and oxygen atoms in total. The Morgan fingerprint density at radius 3 is 2.78 bits per heavy atom. The first kappa shape index (κ1) is 15.2. The van der Waals surface area contributed by atoms with Gasteiger partial charge in [-0.05, 0) is 29.7 Å². The van der Waals surface area contributed by atoms with Crippen LogP contribution in [0.4, 0.5) is 0 Å². The molecule has 0 radical (unpaired) electrons. The van der Waals surface area contributed by atoms with E-state index < -0.39 is 0 Å². The van der Waals surface area contributed by atoms with Crippen LogP contribution in [-0.4, -0.2) is 24.5 Å². The van der Waals surface area contributed by atoms with E-state index in [1.807, 2.05) is 54.7 Å². The summed E-state index contributed by atoms with van der Waals surface area (Å²) >= 11 is 0. The highest BCUT2D eigenvalue weighted by atomic mass is 16.5. The minimum absolute atomic E-state index is 0.0534. The molecule has 1 aromatic heterocycles. The van der Waals surface area contributed by atoms with Crippen molar-refractivity contribution >= 4 is 16.8 Å². The molecule has 0 aliphatic carbocycles. The van der Waals surface area contributed by atoms with Crippen LogP contribution in [0.25, 0.3) is 10.9 Å². The maximum atomic E-state index is 12.0. The van der Waals surface area contributed by atoms with Crippen LogP contribution in [0.5, 0.6) is 5.75 Å². The zero-order chi connectivity index (χ0) is 16.1. The summed E-state index contributed by atoms with van der Waals surface area (Å²) < 4.78 is 5.22. The summed E-state index contributed by atoms with van der Waals surface area (Å²) in [6.07, 6.45) is 3.21. The molecule has 0 fully saturated rings. The van der Waals surface area contributed by atoms with Crippen LogP contribution in [-0.2, 0) is 17.6 Å². The van der Waals surface area contributed by atoms with Crippen molar-refractivity contribution in [3.63, 3.8) is 0 Å². The van der Waals surface area contributed by atoms with Gasteiger partial charge in [-0.3, -0.25) is 4.79 Å². The highest BCUT2D eigenvalue weighted by Gasteiger charge is 2.06. The van der Waals surface area contributed by atoms with E-state index in [1.165, 1.54) is 10.9 Å². The number of amides is 1. The first-order chi connectivity index (χ1) is 11.3. The number of rotatable bonds is 6. The van der Waals surface area contributed by atoms with Crippen molar-refractivity contribution in [3.05, 3.63) is 65.9 Å². The third-order valence-electron chi connectivity index (χ3n) is 3.90. The number of aromatic amines is 1. The Labute approximate surface area is 135 Å². The van der Waals surface area contributed by atoms with Gasteiger partial charge in [-0.15, -0.1) is 0 Å². The lowest BCUT2D eigenvalue weighted by Gasteiger charge is -2.05. The molecule has 0 spiro atoms. The van der Waals surface area contributed by atoms with Gasteiger partial charge in [0.25, 0.3) is 0 Å². The van der Waals surface area contributed by atoms with Gasteiger partial charge in [-0.25, -0.2) is 0 Å². The number of nitrogens with one attached hydrogen (secondary N) is 2. The lowest BCUT2D eigenvalue weighted by atomic mass is 10.1. The topological polar surface area (TPSA) is 54.1 Å². The quantitative estimate of drug-likeness (QED) is 0.735. The molecule has 3 rings (SSSR count). The van der Waals surface area contributed by atoms with E-state index in [-0.39, 0.29) is 5.91 Å². The van der Waals surface area contributed by atoms with Gasteiger partial charge in [-0.1, -0.05) is 30.3 Å². The molecule has 3 aromatic rings. The van der Waals surface area contributed by atoms with E-state index in [4.69, 9.17) is 4.74 Å². The van der Waals surface area contributed by atoms with E-state index in [2.05, 4.69) is 10.3 Å². The summed E-state index contributed by atoms with van der Waals surface area (Å²) in [6, 6.07) is 15.8. The molecule has 2 N–H and O–H groups in total. The number of carbonyl (C=O) groups excluding carboxylic acids is 1.